The van der Waals surface area contributed by atoms with Gasteiger partial charge in [-0.05, 0) is 31.9 Å². The number of rotatable bonds is 7. The molecule has 0 bridgehead atoms. The molecule has 2 aromatic rings. The molecule has 1 aromatic heterocycles. The molecule has 26 heavy (non-hydrogen) atoms. The lowest BCUT2D eigenvalue weighted by Gasteiger charge is -2.38. The van der Waals surface area contributed by atoms with Gasteiger partial charge in [-0.1, -0.05) is 17.7 Å². The molecule has 1 amide bonds. The first-order valence-corrected chi connectivity index (χ1v) is 9.10. The number of ether oxygens (including phenoxy) is 2. The number of benzene rings is 1. The molecule has 2 heterocycles. The Morgan fingerprint density at radius 2 is 2.19 bits per heavy atom. The number of carbonyl (C=O) groups excluding carboxylic acids is 1. The summed E-state index contributed by atoms with van der Waals surface area (Å²) < 4.78 is 13.0. The van der Waals surface area contributed by atoms with Crippen LogP contribution in [-0.2, 0) is 21.5 Å². The Morgan fingerprint density at radius 1 is 1.38 bits per heavy atom. The number of aromatic nitrogens is 2. The quantitative estimate of drug-likeness (QED) is 0.827. The predicted molar refractivity (Wildman–Crippen MR) is 99.3 cm³/mol. The van der Waals surface area contributed by atoms with E-state index in [1.807, 2.05) is 18.3 Å². The van der Waals surface area contributed by atoms with Crippen LogP contribution in [0.15, 0.2) is 36.7 Å². The molecule has 1 fully saturated rings. The van der Waals surface area contributed by atoms with Crippen LogP contribution in [0.4, 0.5) is 0 Å². The smallest absolute Gasteiger partial charge is 0.221 e. The summed E-state index contributed by atoms with van der Waals surface area (Å²) in [5.74, 6) is 0.918. The van der Waals surface area contributed by atoms with Gasteiger partial charge in [0, 0.05) is 56.1 Å². The predicted octanol–water partition coefficient (Wildman–Crippen LogP) is 2.45. The molecule has 0 atom stereocenters. The zero-order valence-electron chi connectivity index (χ0n) is 15.5. The van der Waals surface area contributed by atoms with Gasteiger partial charge < -0.3 is 14.8 Å². The number of nitrogens with zero attached hydrogens (tertiary/aromatic N) is 2. The molecule has 0 saturated carbocycles. The van der Waals surface area contributed by atoms with Crippen LogP contribution >= 0.6 is 0 Å². The minimum absolute atomic E-state index is 0.0398. The van der Waals surface area contributed by atoms with Crippen LogP contribution < -0.4 is 10.1 Å². The number of methoxy groups -OCH3 is 1. The van der Waals surface area contributed by atoms with Crippen molar-refractivity contribution in [3.8, 4) is 5.75 Å². The van der Waals surface area contributed by atoms with Gasteiger partial charge >= 0.3 is 0 Å². The van der Waals surface area contributed by atoms with E-state index < -0.39 is 0 Å². The monoisotopic (exact) mass is 357 g/mol. The SMILES string of the molecule is COc1ccc(C)cc1C1(CNC(=O)CCn2cccn2)CCOCC1. The topological polar surface area (TPSA) is 65.4 Å². The molecule has 3 rings (SSSR count). The highest BCUT2D eigenvalue weighted by molar-refractivity contribution is 5.76. The van der Waals surface area contributed by atoms with Crippen LogP contribution in [0.25, 0.3) is 0 Å². The molecule has 6 heteroatoms. The summed E-state index contributed by atoms with van der Waals surface area (Å²) in [5.41, 5.74) is 2.20. The van der Waals surface area contributed by atoms with E-state index in [4.69, 9.17) is 9.47 Å². The average Bonchev–Trinajstić information content (AvgIpc) is 3.19. The molecular weight excluding hydrogens is 330 g/mol. The van der Waals surface area contributed by atoms with Crippen molar-refractivity contribution in [2.45, 2.75) is 38.1 Å². The summed E-state index contributed by atoms with van der Waals surface area (Å²) in [7, 11) is 1.70. The molecule has 1 aliphatic heterocycles. The molecule has 0 unspecified atom stereocenters. The molecule has 0 radical (unpaired) electrons. The van der Waals surface area contributed by atoms with E-state index in [0.717, 1.165) is 24.2 Å². The third kappa shape index (κ3) is 4.25. The normalized spacial score (nSPS) is 16.2. The average molecular weight is 357 g/mol. The minimum atomic E-state index is -0.156. The third-order valence-corrected chi connectivity index (χ3v) is 5.13. The van der Waals surface area contributed by atoms with Gasteiger partial charge in [-0.15, -0.1) is 0 Å². The Kier molecular flexibility index (Phi) is 5.93. The fourth-order valence-corrected chi connectivity index (χ4v) is 3.54. The van der Waals surface area contributed by atoms with Crippen LogP contribution in [0.3, 0.4) is 0 Å². The Morgan fingerprint density at radius 3 is 2.88 bits per heavy atom. The summed E-state index contributed by atoms with van der Waals surface area (Å²) >= 11 is 0. The number of amides is 1. The minimum Gasteiger partial charge on any atom is -0.496 e. The molecular formula is C20H27N3O3. The van der Waals surface area contributed by atoms with Crippen molar-refractivity contribution in [1.29, 1.82) is 0 Å². The number of hydrogen-bond acceptors (Lipinski definition) is 4. The maximum absolute atomic E-state index is 12.4. The van der Waals surface area contributed by atoms with Gasteiger partial charge in [0.15, 0.2) is 0 Å². The van der Waals surface area contributed by atoms with Crippen molar-refractivity contribution in [3.63, 3.8) is 0 Å². The second-order valence-electron chi connectivity index (χ2n) is 6.89. The highest BCUT2D eigenvalue weighted by Crippen LogP contribution is 2.40. The fourth-order valence-electron chi connectivity index (χ4n) is 3.54. The van der Waals surface area contributed by atoms with Crippen molar-refractivity contribution >= 4 is 5.91 Å². The van der Waals surface area contributed by atoms with Crippen molar-refractivity contribution in [2.75, 3.05) is 26.9 Å². The number of aryl methyl sites for hydroxylation is 2. The lowest BCUT2D eigenvalue weighted by Crippen LogP contribution is -2.45. The summed E-state index contributed by atoms with van der Waals surface area (Å²) in [6.07, 6.45) is 5.74. The standard InChI is InChI=1S/C20H27N3O3/c1-16-4-5-18(25-2)17(14-16)20(7-12-26-13-8-20)15-21-19(24)6-11-23-10-3-9-22-23/h3-5,9-10,14H,6-8,11-13,15H2,1-2H3,(H,21,24). The van der Waals surface area contributed by atoms with Gasteiger partial charge in [0.1, 0.15) is 5.75 Å². The lowest BCUT2D eigenvalue weighted by molar-refractivity contribution is -0.121. The third-order valence-electron chi connectivity index (χ3n) is 5.13. The first-order chi connectivity index (χ1) is 12.6. The van der Waals surface area contributed by atoms with Gasteiger partial charge in [0.2, 0.25) is 5.91 Å². The van der Waals surface area contributed by atoms with E-state index in [1.165, 1.54) is 5.56 Å². The van der Waals surface area contributed by atoms with Gasteiger partial charge in [0.25, 0.3) is 0 Å². The Labute approximate surface area is 154 Å². The van der Waals surface area contributed by atoms with E-state index >= 15 is 0 Å². The number of hydrogen-bond donors (Lipinski definition) is 1. The van der Waals surface area contributed by atoms with Crippen LogP contribution in [-0.4, -0.2) is 42.6 Å². The summed E-state index contributed by atoms with van der Waals surface area (Å²) in [4.78, 5) is 12.4. The zero-order chi connectivity index (χ0) is 18.4. The molecule has 0 spiro atoms. The van der Waals surface area contributed by atoms with Crippen LogP contribution in [0.1, 0.15) is 30.4 Å². The summed E-state index contributed by atoms with van der Waals surface area (Å²) in [6.45, 7) is 4.65. The molecule has 140 valence electrons. The molecule has 1 aliphatic rings. The lowest BCUT2D eigenvalue weighted by atomic mass is 9.73. The van der Waals surface area contributed by atoms with Gasteiger partial charge in [0.05, 0.1) is 7.11 Å². The number of nitrogens with one attached hydrogen (secondary N) is 1. The van der Waals surface area contributed by atoms with Crippen LogP contribution in [0.5, 0.6) is 5.75 Å². The zero-order valence-corrected chi connectivity index (χ0v) is 15.5. The van der Waals surface area contributed by atoms with Crippen LogP contribution in [0, 0.1) is 6.92 Å². The highest BCUT2D eigenvalue weighted by Gasteiger charge is 2.37. The maximum atomic E-state index is 12.4. The molecule has 1 saturated heterocycles. The van der Waals surface area contributed by atoms with Gasteiger partial charge in [-0.2, -0.15) is 5.10 Å². The summed E-state index contributed by atoms with van der Waals surface area (Å²) in [5, 5.41) is 7.27. The van der Waals surface area contributed by atoms with Crippen LogP contribution in [0.2, 0.25) is 0 Å². The van der Waals surface area contributed by atoms with E-state index in [1.54, 1.807) is 18.0 Å². The van der Waals surface area contributed by atoms with Crippen molar-refractivity contribution in [2.24, 2.45) is 0 Å². The molecule has 6 nitrogen and oxygen atoms in total. The molecule has 1 aromatic carbocycles. The van der Waals surface area contributed by atoms with Crippen molar-refractivity contribution < 1.29 is 14.3 Å². The molecule has 1 N–H and O–H groups in total. The van der Waals surface area contributed by atoms with E-state index in [0.29, 0.717) is 32.7 Å². The van der Waals surface area contributed by atoms with E-state index in [2.05, 4.69) is 29.5 Å². The second-order valence-corrected chi connectivity index (χ2v) is 6.89. The van der Waals surface area contributed by atoms with Gasteiger partial charge in [-0.25, -0.2) is 0 Å². The van der Waals surface area contributed by atoms with Gasteiger partial charge in [-0.3, -0.25) is 9.48 Å². The number of carbonyl (C=O) groups is 1. The molecule has 0 aliphatic carbocycles. The first-order valence-electron chi connectivity index (χ1n) is 9.10. The van der Waals surface area contributed by atoms with Crippen molar-refractivity contribution in [1.82, 2.24) is 15.1 Å². The Balaban J connectivity index is 1.71. The highest BCUT2D eigenvalue weighted by atomic mass is 16.5. The summed E-state index contributed by atoms with van der Waals surface area (Å²) in [6, 6.07) is 8.11. The largest absolute Gasteiger partial charge is 0.496 e. The maximum Gasteiger partial charge on any atom is 0.221 e. The van der Waals surface area contributed by atoms with E-state index in [9.17, 15) is 4.79 Å². The van der Waals surface area contributed by atoms with E-state index in [-0.39, 0.29) is 11.3 Å². The Bertz CT molecular complexity index is 722. The first kappa shape index (κ1) is 18.5. The fraction of sp³-hybridized carbons (Fsp3) is 0.500. The Hall–Kier alpha value is -2.34. The van der Waals surface area contributed by atoms with Crippen molar-refractivity contribution in [3.05, 3.63) is 47.8 Å². The second kappa shape index (κ2) is 8.36.